The quantitative estimate of drug-likeness (QED) is 0.211. The van der Waals surface area contributed by atoms with Crippen molar-refractivity contribution in [2.45, 2.75) is 89.3 Å². The number of unbranched alkanes of at least 4 members (excludes halogenated alkanes) is 5. The fourth-order valence-electron chi connectivity index (χ4n) is 5.30. The van der Waals surface area contributed by atoms with Crippen molar-refractivity contribution in [3.63, 3.8) is 0 Å². The summed E-state index contributed by atoms with van der Waals surface area (Å²) in [5, 5.41) is 3.04. The molecule has 2 aromatic rings. The van der Waals surface area contributed by atoms with E-state index in [1.165, 1.54) is 0 Å². The zero-order chi connectivity index (χ0) is 29.5. The Morgan fingerprint density at radius 2 is 1.73 bits per heavy atom. The van der Waals surface area contributed by atoms with Gasteiger partial charge in [0.2, 0.25) is 17.7 Å². The third-order valence-electron chi connectivity index (χ3n) is 7.86. The van der Waals surface area contributed by atoms with Gasteiger partial charge in [0, 0.05) is 33.0 Å². The molecule has 0 aliphatic carbocycles. The van der Waals surface area contributed by atoms with Crippen molar-refractivity contribution < 1.29 is 19.1 Å². The molecule has 1 saturated heterocycles. The minimum atomic E-state index is -0.691. The number of carbonyl (C=O) groups excluding carboxylic acids is 3. The molecule has 7 heteroatoms. The first-order valence-corrected chi connectivity index (χ1v) is 15.1. The fourth-order valence-corrected chi connectivity index (χ4v) is 5.30. The lowest BCUT2D eigenvalue weighted by molar-refractivity contribution is -0.141. The monoisotopic (exact) mass is 561 g/mol. The van der Waals surface area contributed by atoms with Gasteiger partial charge in [0.15, 0.2) is 0 Å². The lowest BCUT2D eigenvalue weighted by Crippen LogP contribution is -2.54. The highest BCUT2D eigenvalue weighted by atomic mass is 16.5. The molecule has 0 unspecified atom stereocenters. The number of methoxy groups -OCH3 is 1. The zero-order valence-electron chi connectivity index (χ0n) is 24.9. The Bertz CT molecular complexity index is 1100. The number of nitrogens with zero attached hydrogens (tertiary/aromatic N) is 2. The number of rotatable bonds is 16. The van der Waals surface area contributed by atoms with Crippen LogP contribution in [0.5, 0.6) is 5.75 Å². The van der Waals surface area contributed by atoms with E-state index in [0.717, 1.165) is 68.2 Å². The first-order chi connectivity index (χ1) is 19.9. The molecule has 7 nitrogen and oxygen atoms in total. The van der Waals surface area contributed by atoms with Gasteiger partial charge in [-0.2, -0.15) is 0 Å². The predicted octanol–water partition coefficient (Wildman–Crippen LogP) is 5.68. The summed E-state index contributed by atoms with van der Waals surface area (Å²) in [5.41, 5.74) is 1.99. The van der Waals surface area contributed by atoms with Crippen molar-refractivity contribution in [2.75, 3.05) is 20.7 Å². The molecule has 1 aliphatic rings. The van der Waals surface area contributed by atoms with Crippen LogP contribution in [0.2, 0.25) is 0 Å². The van der Waals surface area contributed by atoms with E-state index in [4.69, 9.17) is 4.74 Å². The summed E-state index contributed by atoms with van der Waals surface area (Å²) in [4.78, 5) is 43.9. The van der Waals surface area contributed by atoms with Gasteiger partial charge in [0.1, 0.15) is 17.8 Å². The van der Waals surface area contributed by atoms with Gasteiger partial charge in [-0.25, -0.2) is 0 Å². The molecule has 0 saturated carbocycles. The standard InChI is InChI=1S/C34H47N3O4/c1-4-5-6-7-8-9-13-19-32(38)36(2)31(25-27-16-11-10-12-17-27)33(39)35-30-18-14-15-24-37(34(30)40)26-28-20-22-29(41-3)23-21-28/h4,10-12,16-17,20-23,30-31H,1,5-9,13-15,18-19,24-26H2,2-3H3,(H,35,39)/t30-,31-/m0/s1. The third kappa shape index (κ3) is 10.4. The molecule has 3 amide bonds. The summed E-state index contributed by atoms with van der Waals surface area (Å²) in [7, 11) is 3.34. The molecule has 222 valence electrons. The van der Waals surface area contributed by atoms with E-state index in [2.05, 4.69) is 11.9 Å². The minimum Gasteiger partial charge on any atom is -0.497 e. The maximum absolute atomic E-state index is 13.7. The molecule has 1 N–H and O–H groups in total. The number of nitrogens with one attached hydrogen (secondary N) is 1. The number of hydrogen-bond acceptors (Lipinski definition) is 4. The molecule has 41 heavy (non-hydrogen) atoms. The number of allylic oxidation sites excluding steroid dienone is 1. The number of hydrogen-bond donors (Lipinski definition) is 1. The van der Waals surface area contributed by atoms with Gasteiger partial charge >= 0.3 is 0 Å². The van der Waals surface area contributed by atoms with Crippen LogP contribution in [0.1, 0.15) is 75.3 Å². The van der Waals surface area contributed by atoms with Gasteiger partial charge < -0.3 is 19.9 Å². The molecular weight excluding hydrogens is 514 g/mol. The third-order valence-corrected chi connectivity index (χ3v) is 7.86. The lowest BCUT2D eigenvalue weighted by Gasteiger charge is -2.30. The van der Waals surface area contributed by atoms with E-state index in [-0.39, 0.29) is 17.7 Å². The van der Waals surface area contributed by atoms with Crippen LogP contribution in [0.4, 0.5) is 0 Å². The van der Waals surface area contributed by atoms with Gasteiger partial charge in [-0.05, 0) is 61.8 Å². The minimum absolute atomic E-state index is 0.0412. The Hall–Kier alpha value is -3.61. The molecule has 1 fully saturated rings. The number of amides is 3. The normalized spacial score (nSPS) is 16.0. The molecule has 2 aromatic carbocycles. The van der Waals surface area contributed by atoms with E-state index < -0.39 is 12.1 Å². The summed E-state index contributed by atoms with van der Waals surface area (Å²) in [6.07, 6.45) is 11.3. The van der Waals surface area contributed by atoms with E-state index in [9.17, 15) is 14.4 Å². The van der Waals surface area contributed by atoms with Gasteiger partial charge in [-0.15, -0.1) is 6.58 Å². The van der Waals surface area contributed by atoms with Gasteiger partial charge in [0.05, 0.1) is 7.11 Å². The second kappa shape index (κ2) is 17.3. The summed E-state index contributed by atoms with van der Waals surface area (Å²) in [6.45, 7) is 4.89. The van der Waals surface area contributed by atoms with Crippen LogP contribution in [0.25, 0.3) is 0 Å². The Balaban J connectivity index is 1.65. The molecule has 0 bridgehead atoms. The van der Waals surface area contributed by atoms with Crippen molar-refractivity contribution in [1.29, 1.82) is 0 Å². The van der Waals surface area contributed by atoms with Crippen LogP contribution in [0, 0.1) is 0 Å². The Labute approximate surface area is 245 Å². The highest BCUT2D eigenvalue weighted by Gasteiger charge is 2.33. The number of likely N-dealkylation sites (tertiary alicyclic amines) is 1. The Kier molecular flexibility index (Phi) is 13.4. The Morgan fingerprint density at radius 3 is 2.44 bits per heavy atom. The molecule has 3 rings (SSSR count). The maximum atomic E-state index is 13.7. The van der Waals surface area contributed by atoms with Crippen LogP contribution in [-0.4, -0.2) is 60.3 Å². The molecule has 0 aromatic heterocycles. The first kappa shape index (κ1) is 31.9. The zero-order valence-corrected chi connectivity index (χ0v) is 24.9. The maximum Gasteiger partial charge on any atom is 0.245 e. The number of likely N-dealkylation sites (N-methyl/N-ethyl adjacent to an activating group) is 1. The highest BCUT2D eigenvalue weighted by Crippen LogP contribution is 2.19. The van der Waals surface area contributed by atoms with Crippen LogP contribution in [0.3, 0.4) is 0 Å². The van der Waals surface area contributed by atoms with Crippen molar-refractivity contribution in [3.05, 3.63) is 78.4 Å². The van der Waals surface area contributed by atoms with Crippen molar-refractivity contribution >= 4 is 17.7 Å². The number of ether oxygens (including phenoxy) is 1. The topological polar surface area (TPSA) is 79.0 Å². The highest BCUT2D eigenvalue weighted by molar-refractivity contribution is 5.92. The summed E-state index contributed by atoms with van der Waals surface area (Å²) in [6, 6.07) is 16.1. The average molecular weight is 562 g/mol. The number of benzene rings is 2. The van der Waals surface area contributed by atoms with Crippen molar-refractivity contribution in [1.82, 2.24) is 15.1 Å². The van der Waals surface area contributed by atoms with Crippen LogP contribution in [0.15, 0.2) is 67.3 Å². The second-order valence-corrected chi connectivity index (χ2v) is 11.0. The van der Waals surface area contributed by atoms with Gasteiger partial charge in [-0.1, -0.05) is 67.8 Å². The summed E-state index contributed by atoms with van der Waals surface area (Å²) in [5.74, 6) is 0.377. The van der Waals surface area contributed by atoms with Gasteiger partial charge in [-0.3, -0.25) is 14.4 Å². The molecule has 0 radical (unpaired) electrons. The molecular formula is C34H47N3O4. The number of carbonyl (C=O) groups is 3. The van der Waals surface area contributed by atoms with Gasteiger partial charge in [0.25, 0.3) is 0 Å². The predicted molar refractivity (Wildman–Crippen MR) is 163 cm³/mol. The Morgan fingerprint density at radius 1 is 1.02 bits per heavy atom. The van der Waals surface area contributed by atoms with Crippen LogP contribution >= 0.6 is 0 Å². The van der Waals surface area contributed by atoms with Crippen LogP contribution in [-0.2, 0) is 27.3 Å². The summed E-state index contributed by atoms with van der Waals surface area (Å²) < 4.78 is 5.25. The second-order valence-electron chi connectivity index (χ2n) is 11.0. The molecule has 1 aliphatic heterocycles. The van der Waals surface area contributed by atoms with E-state index in [1.807, 2.05) is 65.6 Å². The first-order valence-electron chi connectivity index (χ1n) is 15.1. The molecule has 2 atom stereocenters. The average Bonchev–Trinajstić information content (AvgIpc) is 3.16. The largest absolute Gasteiger partial charge is 0.497 e. The molecule has 0 spiro atoms. The van der Waals surface area contributed by atoms with Crippen LogP contribution < -0.4 is 10.1 Å². The summed E-state index contributed by atoms with van der Waals surface area (Å²) >= 11 is 0. The van der Waals surface area contributed by atoms with E-state index >= 15 is 0 Å². The molecule has 1 heterocycles. The fraction of sp³-hybridized carbons (Fsp3) is 0.500. The lowest BCUT2D eigenvalue weighted by atomic mass is 10.0. The smallest absolute Gasteiger partial charge is 0.245 e. The van der Waals surface area contributed by atoms with E-state index in [0.29, 0.717) is 32.4 Å². The van der Waals surface area contributed by atoms with Crippen molar-refractivity contribution in [3.8, 4) is 5.75 Å². The van der Waals surface area contributed by atoms with Crippen molar-refractivity contribution in [2.24, 2.45) is 0 Å². The van der Waals surface area contributed by atoms with E-state index in [1.54, 1.807) is 19.1 Å². The SMILES string of the molecule is C=CCCCCCCCC(=O)N(C)[C@@H](Cc1ccccc1)C(=O)N[C@H]1CCCCN(Cc2ccc(OC)cc2)C1=O.